The van der Waals surface area contributed by atoms with Gasteiger partial charge in [-0.1, -0.05) is 0 Å². The average molecular weight is 172 g/mol. The van der Waals surface area contributed by atoms with E-state index in [0.717, 1.165) is 38.9 Å². The predicted octanol–water partition coefficient (Wildman–Crippen LogP) is 0.912. The lowest BCUT2D eigenvalue weighted by molar-refractivity contribution is -0.152. The minimum absolute atomic E-state index is 0.250. The van der Waals surface area contributed by atoms with Gasteiger partial charge in [0.15, 0.2) is 5.79 Å². The highest BCUT2D eigenvalue weighted by Crippen LogP contribution is 2.41. The predicted molar refractivity (Wildman–Crippen MR) is 43.7 cm³/mol. The number of ether oxygens (including phenoxy) is 2. The lowest BCUT2D eigenvalue weighted by atomic mass is 10.0. The summed E-state index contributed by atoms with van der Waals surface area (Å²) in [6.07, 6.45) is 4.03. The molecule has 2 aliphatic rings. The van der Waals surface area contributed by atoms with Crippen molar-refractivity contribution in [2.75, 3.05) is 19.8 Å². The van der Waals surface area contributed by atoms with Crippen LogP contribution in [0.15, 0.2) is 0 Å². The van der Waals surface area contributed by atoms with Crippen LogP contribution in [0.1, 0.15) is 25.7 Å². The van der Waals surface area contributed by atoms with Crippen LogP contribution in [0.25, 0.3) is 0 Å². The summed E-state index contributed by atoms with van der Waals surface area (Å²) in [6.45, 7) is 1.78. The quantitative estimate of drug-likeness (QED) is 0.673. The van der Waals surface area contributed by atoms with Gasteiger partial charge in [-0.2, -0.15) is 0 Å². The van der Waals surface area contributed by atoms with Gasteiger partial charge in [-0.25, -0.2) is 0 Å². The zero-order chi connectivity index (χ0) is 8.44. The second-order valence-electron chi connectivity index (χ2n) is 3.73. The number of aliphatic hydroxyl groups is 1. The molecule has 0 radical (unpaired) electrons. The molecule has 0 aromatic heterocycles. The van der Waals surface area contributed by atoms with E-state index in [4.69, 9.17) is 14.6 Å². The van der Waals surface area contributed by atoms with Crippen LogP contribution in [0.4, 0.5) is 0 Å². The maximum atomic E-state index is 8.78. The van der Waals surface area contributed by atoms with Crippen molar-refractivity contribution >= 4 is 0 Å². The summed E-state index contributed by atoms with van der Waals surface area (Å²) in [6, 6.07) is 0. The maximum absolute atomic E-state index is 8.78. The van der Waals surface area contributed by atoms with Gasteiger partial charge in [0, 0.05) is 19.4 Å². The molecule has 0 amide bonds. The first kappa shape index (κ1) is 8.48. The number of hydrogen-bond donors (Lipinski definition) is 1. The van der Waals surface area contributed by atoms with E-state index in [9.17, 15) is 0 Å². The van der Waals surface area contributed by atoms with Crippen LogP contribution in [-0.4, -0.2) is 30.7 Å². The molecule has 1 unspecified atom stereocenters. The van der Waals surface area contributed by atoms with Crippen LogP contribution in [0.2, 0.25) is 0 Å². The van der Waals surface area contributed by atoms with Gasteiger partial charge < -0.3 is 14.6 Å². The molecule has 1 atom stereocenters. The Balaban J connectivity index is 1.88. The lowest BCUT2D eigenvalue weighted by Crippen LogP contribution is -2.26. The molecule has 3 heteroatoms. The van der Waals surface area contributed by atoms with Crippen molar-refractivity contribution in [3.05, 3.63) is 0 Å². The van der Waals surface area contributed by atoms with Gasteiger partial charge >= 0.3 is 0 Å². The minimum atomic E-state index is -0.250. The SMILES string of the molecule is OCCC1CCC2(C1)OCCO2. The van der Waals surface area contributed by atoms with E-state index in [0.29, 0.717) is 12.5 Å². The molecule has 0 aromatic carbocycles. The Labute approximate surface area is 72.7 Å². The molecule has 1 N–H and O–H groups in total. The van der Waals surface area contributed by atoms with Gasteiger partial charge in [0.25, 0.3) is 0 Å². The Morgan fingerprint density at radius 1 is 1.33 bits per heavy atom. The van der Waals surface area contributed by atoms with Crippen molar-refractivity contribution in [3.8, 4) is 0 Å². The van der Waals surface area contributed by atoms with Gasteiger partial charge in [-0.3, -0.25) is 0 Å². The van der Waals surface area contributed by atoms with E-state index in [1.807, 2.05) is 0 Å². The molecule has 0 aromatic rings. The second-order valence-corrected chi connectivity index (χ2v) is 3.73. The Kier molecular flexibility index (Phi) is 2.35. The van der Waals surface area contributed by atoms with Crippen LogP contribution in [0, 0.1) is 5.92 Å². The molecule has 0 bridgehead atoms. The smallest absolute Gasteiger partial charge is 0.168 e. The topological polar surface area (TPSA) is 38.7 Å². The van der Waals surface area contributed by atoms with Gasteiger partial charge in [0.1, 0.15) is 0 Å². The van der Waals surface area contributed by atoms with Gasteiger partial charge in [0.2, 0.25) is 0 Å². The molecule has 2 fully saturated rings. The van der Waals surface area contributed by atoms with Crippen molar-refractivity contribution < 1.29 is 14.6 Å². The second kappa shape index (κ2) is 3.32. The minimum Gasteiger partial charge on any atom is -0.396 e. The van der Waals surface area contributed by atoms with Gasteiger partial charge in [-0.15, -0.1) is 0 Å². The first-order valence-electron chi connectivity index (χ1n) is 4.73. The Morgan fingerprint density at radius 3 is 2.75 bits per heavy atom. The summed E-state index contributed by atoms with van der Waals surface area (Å²) in [4.78, 5) is 0. The largest absolute Gasteiger partial charge is 0.396 e. The van der Waals surface area contributed by atoms with Crippen molar-refractivity contribution in [1.82, 2.24) is 0 Å². The molecule has 70 valence electrons. The fourth-order valence-corrected chi connectivity index (χ4v) is 2.26. The van der Waals surface area contributed by atoms with Crippen LogP contribution in [0.3, 0.4) is 0 Å². The normalized spacial score (nSPS) is 33.2. The molecule has 1 saturated heterocycles. The van der Waals surface area contributed by atoms with Crippen molar-refractivity contribution in [1.29, 1.82) is 0 Å². The third-order valence-corrected chi connectivity index (χ3v) is 2.88. The molecule has 1 heterocycles. The summed E-state index contributed by atoms with van der Waals surface area (Å²) in [7, 11) is 0. The summed E-state index contributed by atoms with van der Waals surface area (Å²) in [5, 5.41) is 8.78. The first-order valence-corrected chi connectivity index (χ1v) is 4.73. The third kappa shape index (κ3) is 1.49. The molecule has 1 spiro atoms. The lowest BCUT2D eigenvalue weighted by Gasteiger charge is -2.21. The Morgan fingerprint density at radius 2 is 2.08 bits per heavy atom. The van der Waals surface area contributed by atoms with E-state index in [2.05, 4.69) is 0 Å². The van der Waals surface area contributed by atoms with E-state index < -0.39 is 0 Å². The highest BCUT2D eigenvalue weighted by molar-refractivity contribution is 4.85. The van der Waals surface area contributed by atoms with Crippen LogP contribution < -0.4 is 0 Å². The Bertz CT molecular complexity index is 152. The molecule has 2 rings (SSSR count). The monoisotopic (exact) mass is 172 g/mol. The first-order chi connectivity index (χ1) is 5.85. The van der Waals surface area contributed by atoms with Crippen molar-refractivity contribution in [2.24, 2.45) is 5.92 Å². The van der Waals surface area contributed by atoms with Gasteiger partial charge in [0.05, 0.1) is 13.2 Å². The number of hydrogen-bond acceptors (Lipinski definition) is 3. The van der Waals surface area contributed by atoms with E-state index in [1.165, 1.54) is 0 Å². The van der Waals surface area contributed by atoms with Crippen LogP contribution >= 0.6 is 0 Å². The molecule has 1 aliphatic carbocycles. The standard InChI is InChI=1S/C9H16O3/c10-4-2-8-1-3-9(7-8)11-5-6-12-9/h8,10H,1-7H2. The van der Waals surface area contributed by atoms with E-state index in [1.54, 1.807) is 0 Å². The fraction of sp³-hybridized carbons (Fsp3) is 1.00. The van der Waals surface area contributed by atoms with Crippen molar-refractivity contribution in [3.63, 3.8) is 0 Å². The molecular formula is C9H16O3. The zero-order valence-corrected chi connectivity index (χ0v) is 7.29. The summed E-state index contributed by atoms with van der Waals surface area (Å²) in [5.41, 5.74) is 0. The molecule has 12 heavy (non-hydrogen) atoms. The summed E-state index contributed by atoms with van der Waals surface area (Å²) < 4.78 is 11.1. The summed E-state index contributed by atoms with van der Waals surface area (Å²) in [5.74, 6) is 0.355. The van der Waals surface area contributed by atoms with E-state index in [-0.39, 0.29) is 5.79 Å². The van der Waals surface area contributed by atoms with Gasteiger partial charge in [-0.05, 0) is 18.8 Å². The van der Waals surface area contributed by atoms with Crippen LogP contribution in [0.5, 0.6) is 0 Å². The molecular weight excluding hydrogens is 156 g/mol. The van der Waals surface area contributed by atoms with E-state index >= 15 is 0 Å². The fourth-order valence-electron chi connectivity index (χ4n) is 2.26. The molecule has 1 aliphatic heterocycles. The number of aliphatic hydroxyl groups excluding tert-OH is 1. The van der Waals surface area contributed by atoms with Crippen LogP contribution in [-0.2, 0) is 9.47 Å². The third-order valence-electron chi connectivity index (χ3n) is 2.88. The zero-order valence-electron chi connectivity index (χ0n) is 7.29. The summed E-state index contributed by atoms with van der Waals surface area (Å²) >= 11 is 0. The maximum Gasteiger partial charge on any atom is 0.168 e. The average Bonchev–Trinajstić information content (AvgIpc) is 2.65. The molecule has 3 nitrogen and oxygen atoms in total. The highest BCUT2D eigenvalue weighted by atomic mass is 16.7. The van der Waals surface area contributed by atoms with Crippen molar-refractivity contribution in [2.45, 2.75) is 31.5 Å². The number of rotatable bonds is 2. The highest BCUT2D eigenvalue weighted by Gasteiger charge is 2.43. The Hall–Kier alpha value is -0.120. The molecule has 1 saturated carbocycles.